The summed E-state index contributed by atoms with van der Waals surface area (Å²) in [5, 5.41) is 9.50. The van der Waals surface area contributed by atoms with E-state index in [0.717, 1.165) is 10.0 Å². The van der Waals surface area contributed by atoms with Crippen LogP contribution in [0.3, 0.4) is 0 Å². The second kappa shape index (κ2) is 5.48. The molecule has 0 amide bonds. The number of nitrogens with zero attached hydrogens (tertiary/aromatic N) is 1. The van der Waals surface area contributed by atoms with E-state index in [1.54, 1.807) is 6.20 Å². The lowest BCUT2D eigenvalue weighted by molar-refractivity contribution is -0.139. The van der Waals surface area contributed by atoms with Crippen LogP contribution in [0.4, 0.5) is 0 Å². The van der Waals surface area contributed by atoms with E-state index in [2.05, 4.69) is 54.8 Å². The van der Waals surface area contributed by atoms with Crippen LogP contribution in [-0.2, 0) is 9.22 Å². The first-order valence-electron chi connectivity index (χ1n) is 7.09. The van der Waals surface area contributed by atoms with E-state index < -0.39 is 20.2 Å². The SMILES string of the molecule is CC(C)(C)[Si](C)(C)OC1CC(C(=O)O)c2ncc(Br)cc21. The smallest absolute Gasteiger partial charge is 0.312 e. The minimum absolute atomic E-state index is 0.0912. The Morgan fingerprint density at radius 1 is 1.48 bits per heavy atom. The number of aliphatic carboxylic acids is 1. The minimum atomic E-state index is -1.96. The van der Waals surface area contributed by atoms with Crippen LogP contribution in [0.25, 0.3) is 0 Å². The maximum atomic E-state index is 11.5. The number of aromatic nitrogens is 1. The average Bonchev–Trinajstić information content (AvgIpc) is 2.65. The van der Waals surface area contributed by atoms with Crippen molar-refractivity contribution >= 4 is 30.2 Å². The molecule has 2 rings (SSSR count). The molecule has 2 unspecified atom stereocenters. The molecule has 0 radical (unpaired) electrons. The quantitative estimate of drug-likeness (QED) is 0.795. The molecule has 21 heavy (non-hydrogen) atoms. The van der Waals surface area contributed by atoms with Gasteiger partial charge in [0.05, 0.1) is 11.8 Å². The van der Waals surface area contributed by atoms with Crippen molar-refractivity contribution < 1.29 is 14.3 Å². The van der Waals surface area contributed by atoms with Crippen LogP contribution in [0, 0.1) is 0 Å². The van der Waals surface area contributed by atoms with Crippen molar-refractivity contribution in [3.8, 4) is 0 Å². The number of hydrogen-bond acceptors (Lipinski definition) is 3. The standard InChI is InChI=1S/C15H22BrNO3Si/c1-15(2,3)21(4,5)20-12-7-11(14(18)19)13-10(12)6-9(16)8-17-13/h6,8,11-12H,7H2,1-5H3,(H,18,19). The van der Waals surface area contributed by atoms with Gasteiger partial charge in [-0.3, -0.25) is 9.78 Å². The van der Waals surface area contributed by atoms with Gasteiger partial charge in [-0.1, -0.05) is 20.8 Å². The summed E-state index contributed by atoms with van der Waals surface area (Å²) in [5.74, 6) is -1.39. The monoisotopic (exact) mass is 371 g/mol. The van der Waals surface area contributed by atoms with E-state index in [0.29, 0.717) is 12.1 Å². The normalized spacial score (nSPS) is 22.2. The fourth-order valence-corrected chi connectivity index (χ4v) is 3.97. The van der Waals surface area contributed by atoms with Gasteiger partial charge < -0.3 is 9.53 Å². The van der Waals surface area contributed by atoms with Crippen molar-refractivity contribution in [3.63, 3.8) is 0 Å². The van der Waals surface area contributed by atoms with Crippen molar-refractivity contribution in [1.82, 2.24) is 4.98 Å². The average molecular weight is 372 g/mol. The molecule has 0 spiro atoms. The molecular weight excluding hydrogens is 350 g/mol. The number of pyridine rings is 1. The molecule has 1 N–H and O–H groups in total. The van der Waals surface area contributed by atoms with Crippen LogP contribution in [0.2, 0.25) is 18.1 Å². The Labute approximate surface area is 135 Å². The molecule has 1 aromatic heterocycles. The maximum Gasteiger partial charge on any atom is 0.312 e. The van der Waals surface area contributed by atoms with E-state index in [9.17, 15) is 9.90 Å². The van der Waals surface area contributed by atoms with Gasteiger partial charge in [-0.15, -0.1) is 0 Å². The first-order chi connectivity index (χ1) is 9.53. The van der Waals surface area contributed by atoms with Crippen LogP contribution in [-0.4, -0.2) is 24.4 Å². The van der Waals surface area contributed by atoms with Gasteiger partial charge >= 0.3 is 5.97 Å². The number of carboxylic acid groups (broad SMARTS) is 1. The van der Waals surface area contributed by atoms with Crippen molar-refractivity contribution in [2.75, 3.05) is 0 Å². The van der Waals surface area contributed by atoms with Crippen molar-refractivity contribution in [1.29, 1.82) is 0 Å². The summed E-state index contributed by atoms with van der Waals surface area (Å²) < 4.78 is 7.30. The van der Waals surface area contributed by atoms with E-state index in [1.165, 1.54) is 0 Å². The third-order valence-corrected chi connectivity index (χ3v) is 9.50. The third-order valence-electron chi connectivity index (χ3n) is 4.58. The van der Waals surface area contributed by atoms with Gasteiger partial charge in [0.2, 0.25) is 0 Å². The van der Waals surface area contributed by atoms with Crippen LogP contribution in [0.1, 0.15) is 50.5 Å². The molecule has 0 aliphatic heterocycles. The Bertz CT molecular complexity index is 569. The number of halogens is 1. The summed E-state index contributed by atoms with van der Waals surface area (Å²) in [7, 11) is -1.96. The van der Waals surface area contributed by atoms with Crippen molar-refractivity contribution in [2.24, 2.45) is 0 Å². The molecule has 1 aliphatic carbocycles. The number of hydrogen-bond donors (Lipinski definition) is 1. The Balaban J connectivity index is 2.36. The van der Waals surface area contributed by atoms with Crippen molar-refractivity contribution in [2.45, 2.75) is 57.3 Å². The zero-order valence-electron chi connectivity index (χ0n) is 13.1. The van der Waals surface area contributed by atoms with E-state index >= 15 is 0 Å². The Morgan fingerprint density at radius 2 is 2.10 bits per heavy atom. The van der Waals surface area contributed by atoms with Gasteiger partial charge in [0.25, 0.3) is 0 Å². The van der Waals surface area contributed by atoms with Crippen LogP contribution in [0.15, 0.2) is 16.7 Å². The molecule has 116 valence electrons. The van der Waals surface area contributed by atoms with Gasteiger partial charge in [0.15, 0.2) is 8.32 Å². The van der Waals surface area contributed by atoms with Gasteiger partial charge in [-0.2, -0.15) is 0 Å². The summed E-state index contributed by atoms with van der Waals surface area (Å²) in [6.07, 6.45) is 1.95. The lowest BCUT2D eigenvalue weighted by atomic mass is 10.1. The summed E-state index contributed by atoms with van der Waals surface area (Å²) >= 11 is 3.41. The largest absolute Gasteiger partial charge is 0.481 e. The third kappa shape index (κ3) is 3.22. The first-order valence-corrected chi connectivity index (χ1v) is 10.8. The molecule has 1 heterocycles. The molecule has 1 aromatic rings. The molecule has 0 bridgehead atoms. The number of rotatable bonds is 3. The topological polar surface area (TPSA) is 59.4 Å². The van der Waals surface area contributed by atoms with Gasteiger partial charge in [0, 0.05) is 16.2 Å². The molecule has 0 aromatic carbocycles. The molecule has 4 nitrogen and oxygen atoms in total. The van der Waals surface area contributed by atoms with Gasteiger partial charge in [-0.25, -0.2) is 0 Å². The second-order valence-corrected chi connectivity index (χ2v) is 12.8. The fourth-order valence-electron chi connectivity index (χ4n) is 2.33. The number of carboxylic acids is 1. The highest BCUT2D eigenvalue weighted by atomic mass is 79.9. The lowest BCUT2D eigenvalue weighted by Crippen LogP contribution is -2.41. The molecule has 6 heteroatoms. The molecule has 1 aliphatic rings. The molecule has 2 atom stereocenters. The zero-order valence-corrected chi connectivity index (χ0v) is 15.7. The fraction of sp³-hybridized carbons (Fsp3) is 0.600. The van der Waals surface area contributed by atoms with E-state index in [1.807, 2.05) is 6.07 Å². The highest BCUT2D eigenvalue weighted by Crippen LogP contribution is 2.47. The summed E-state index contributed by atoms with van der Waals surface area (Å²) in [4.78, 5) is 15.8. The second-order valence-electron chi connectivity index (χ2n) is 7.12. The van der Waals surface area contributed by atoms with Gasteiger partial charge in [-0.05, 0) is 46.5 Å². The number of carbonyl (C=O) groups is 1. The lowest BCUT2D eigenvalue weighted by Gasteiger charge is -2.38. The number of fused-ring (bicyclic) bond motifs is 1. The minimum Gasteiger partial charge on any atom is -0.481 e. The van der Waals surface area contributed by atoms with Crippen LogP contribution >= 0.6 is 15.9 Å². The first kappa shape index (κ1) is 16.6. The Hall–Kier alpha value is -0.723. The highest BCUT2D eigenvalue weighted by Gasteiger charge is 2.44. The summed E-state index contributed by atoms with van der Waals surface area (Å²) in [6.45, 7) is 10.9. The summed E-state index contributed by atoms with van der Waals surface area (Å²) in [6, 6.07) is 1.95. The van der Waals surface area contributed by atoms with E-state index in [4.69, 9.17) is 4.43 Å². The maximum absolute atomic E-state index is 11.5. The van der Waals surface area contributed by atoms with Gasteiger partial charge in [0.1, 0.15) is 5.92 Å². The predicted molar refractivity (Wildman–Crippen MR) is 88.0 cm³/mol. The summed E-state index contributed by atoms with van der Waals surface area (Å²) in [5.41, 5.74) is 1.57. The Morgan fingerprint density at radius 3 is 2.62 bits per heavy atom. The molecular formula is C15H22BrNO3Si. The zero-order chi connectivity index (χ0) is 16.0. The van der Waals surface area contributed by atoms with Crippen molar-refractivity contribution in [3.05, 3.63) is 28.0 Å². The van der Waals surface area contributed by atoms with E-state index in [-0.39, 0.29) is 11.1 Å². The highest BCUT2D eigenvalue weighted by molar-refractivity contribution is 9.10. The predicted octanol–water partition coefficient (Wildman–Crippen LogP) is 4.48. The molecule has 0 saturated heterocycles. The molecule has 0 saturated carbocycles. The van der Waals surface area contributed by atoms with Crippen LogP contribution < -0.4 is 0 Å². The molecule has 0 fully saturated rings. The Kier molecular flexibility index (Phi) is 4.34. The van der Waals surface area contributed by atoms with Crippen LogP contribution in [0.5, 0.6) is 0 Å².